The highest BCUT2D eigenvalue weighted by Crippen LogP contribution is 2.35. The highest BCUT2D eigenvalue weighted by Gasteiger charge is 2.34. The minimum Gasteiger partial charge on any atom is -0.495 e. The van der Waals surface area contributed by atoms with Crippen LogP contribution in [0.5, 0.6) is 5.75 Å². The van der Waals surface area contributed by atoms with Crippen LogP contribution in [0.1, 0.15) is 9.81 Å². The first kappa shape index (κ1) is 13.5. The quantitative estimate of drug-likeness (QED) is 0.764. The van der Waals surface area contributed by atoms with Crippen LogP contribution in [0.2, 0.25) is 5.02 Å². The second kappa shape index (κ2) is 6.25. The molecule has 0 spiro atoms. The van der Waals surface area contributed by atoms with Gasteiger partial charge in [0.05, 0.1) is 23.0 Å². The Labute approximate surface area is 148 Å². The molecule has 3 aromatic rings. The summed E-state index contributed by atoms with van der Waals surface area (Å²) in [5.41, 5.74) is -1.61. The van der Waals surface area contributed by atoms with Crippen LogP contribution in [0.15, 0.2) is 41.5 Å². The third-order valence-corrected chi connectivity index (χ3v) is 3.51. The van der Waals surface area contributed by atoms with Crippen molar-refractivity contribution in [1.82, 2.24) is 20.0 Å². The lowest BCUT2D eigenvalue weighted by atomic mass is 10.0. The molecular formula is C15H10ClF3N4O2. The molecule has 0 atom stereocenters. The lowest BCUT2D eigenvalue weighted by Crippen LogP contribution is -2.06. The van der Waals surface area contributed by atoms with Crippen LogP contribution in [0, 0.1) is 0 Å². The number of nitrogens with zero attached hydrogens (tertiary/aromatic N) is 3. The van der Waals surface area contributed by atoms with E-state index in [0.29, 0.717) is 6.20 Å². The van der Waals surface area contributed by atoms with Crippen LogP contribution in [0.3, 0.4) is 0 Å². The molecular weight excluding hydrogens is 361 g/mol. The summed E-state index contributed by atoms with van der Waals surface area (Å²) in [7, 11) is -2.83. The van der Waals surface area contributed by atoms with E-state index in [1.165, 1.54) is 18.2 Å². The molecule has 25 heavy (non-hydrogen) atoms. The molecule has 0 aliphatic carbocycles. The Hall–Kier alpha value is -2.81. The molecule has 0 bridgehead atoms. The van der Waals surface area contributed by atoms with Crippen molar-refractivity contribution in [3.63, 3.8) is 0 Å². The highest BCUT2D eigenvalue weighted by atomic mass is 35.5. The van der Waals surface area contributed by atoms with Gasteiger partial charge >= 0.3 is 6.18 Å². The summed E-state index contributed by atoms with van der Waals surface area (Å²) < 4.78 is 66.0. The van der Waals surface area contributed by atoms with Gasteiger partial charge in [-0.15, -0.1) is 5.10 Å². The number of methoxy groups -OCH3 is 1. The predicted molar refractivity (Wildman–Crippen MR) is 84.0 cm³/mol. The summed E-state index contributed by atoms with van der Waals surface area (Å²) in [6.45, 7) is 0. The fraction of sp³-hybridized carbons (Fsp3) is 0.133. The number of H-pyrrole nitrogens is 1. The molecule has 1 aromatic carbocycles. The summed E-state index contributed by atoms with van der Waals surface area (Å²) in [5.74, 6) is -0.223. The molecule has 2 heterocycles. The Morgan fingerprint density at radius 1 is 1.32 bits per heavy atom. The molecule has 0 radical (unpaired) electrons. The summed E-state index contributed by atoms with van der Waals surface area (Å²) in [6, 6.07) is 5.13. The monoisotopic (exact) mass is 373 g/mol. The summed E-state index contributed by atoms with van der Waals surface area (Å²) in [4.78, 5) is 14.1. The molecule has 0 amide bonds. The standard InChI is InChI=1S/C15H10ClF3N4O2/c1-25-12-6-20-14(24)5-10(12)9-4-8(16)2-3-11(9)23-7-13(21-22-23)15(17,18)19/h2-7H,1H3,(H,20,24)/i1D3. The van der Waals surface area contributed by atoms with Gasteiger partial charge in [0.1, 0.15) is 5.75 Å². The van der Waals surface area contributed by atoms with Crippen molar-refractivity contribution in [3.8, 4) is 22.6 Å². The van der Waals surface area contributed by atoms with Crippen LogP contribution in [0.4, 0.5) is 13.2 Å². The smallest absolute Gasteiger partial charge is 0.436 e. The van der Waals surface area contributed by atoms with Crippen LogP contribution in [-0.2, 0) is 6.18 Å². The fourth-order valence-corrected chi connectivity index (χ4v) is 2.36. The molecule has 6 nitrogen and oxygen atoms in total. The number of ether oxygens (including phenoxy) is 1. The number of aromatic nitrogens is 4. The minimum atomic E-state index is -4.70. The molecule has 3 rings (SSSR count). The number of aromatic amines is 1. The van der Waals surface area contributed by atoms with Gasteiger partial charge < -0.3 is 9.72 Å². The van der Waals surface area contributed by atoms with E-state index < -0.39 is 24.5 Å². The number of hydrogen-bond donors (Lipinski definition) is 1. The fourth-order valence-electron chi connectivity index (χ4n) is 2.19. The van der Waals surface area contributed by atoms with Crippen molar-refractivity contribution in [1.29, 1.82) is 0 Å². The number of hydrogen-bond acceptors (Lipinski definition) is 4. The molecule has 1 N–H and O–H groups in total. The first-order chi connectivity index (χ1) is 12.9. The van der Waals surface area contributed by atoms with Gasteiger partial charge in [0.25, 0.3) is 0 Å². The van der Waals surface area contributed by atoms with Gasteiger partial charge in [0.2, 0.25) is 5.56 Å². The van der Waals surface area contributed by atoms with Crippen LogP contribution in [-0.4, -0.2) is 27.0 Å². The van der Waals surface area contributed by atoms with E-state index in [1.807, 2.05) is 0 Å². The number of alkyl halides is 3. The van der Waals surface area contributed by atoms with E-state index in [2.05, 4.69) is 15.3 Å². The largest absolute Gasteiger partial charge is 0.495 e. The Bertz CT molecular complexity index is 1080. The van der Waals surface area contributed by atoms with Crippen molar-refractivity contribution in [2.75, 3.05) is 7.04 Å². The molecule has 0 aliphatic rings. The van der Waals surface area contributed by atoms with Crippen molar-refractivity contribution >= 4 is 11.6 Å². The number of halogens is 4. The maximum Gasteiger partial charge on any atom is 0.436 e. The van der Waals surface area contributed by atoms with Gasteiger partial charge in [0.15, 0.2) is 5.69 Å². The highest BCUT2D eigenvalue weighted by molar-refractivity contribution is 6.31. The Kier molecular flexibility index (Phi) is 3.37. The summed E-state index contributed by atoms with van der Waals surface area (Å²) in [6.07, 6.45) is -3.01. The zero-order valence-corrected chi connectivity index (χ0v) is 12.9. The van der Waals surface area contributed by atoms with Crippen LogP contribution >= 0.6 is 11.6 Å². The minimum absolute atomic E-state index is 0.00133. The van der Waals surface area contributed by atoms with Crippen molar-refractivity contribution in [2.24, 2.45) is 0 Å². The van der Waals surface area contributed by atoms with Crippen molar-refractivity contribution < 1.29 is 22.0 Å². The number of benzene rings is 1. The predicted octanol–water partition coefficient (Wildman–Crippen LogP) is 3.30. The SMILES string of the molecule is [2H]C([2H])([2H])Oc1c[nH]c(=O)cc1-c1cc(Cl)ccc1-n1cc(C(F)(F)F)nn1. The van der Waals surface area contributed by atoms with E-state index >= 15 is 0 Å². The first-order valence-corrected chi connectivity index (χ1v) is 7.03. The lowest BCUT2D eigenvalue weighted by Gasteiger charge is -2.13. The molecule has 0 fully saturated rings. The molecule has 0 saturated carbocycles. The van der Waals surface area contributed by atoms with Gasteiger partial charge in [-0.2, -0.15) is 13.2 Å². The Balaban J connectivity index is 2.21. The summed E-state index contributed by atoms with van der Waals surface area (Å²) in [5, 5.41) is 6.74. The van der Waals surface area contributed by atoms with E-state index in [0.717, 1.165) is 16.9 Å². The van der Waals surface area contributed by atoms with Gasteiger partial charge in [-0.25, -0.2) is 4.68 Å². The zero-order chi connectivity index (χ0) is 20.7. The topological polar surface area (TPSA) is 72.8 Å². The average molecular weight is 374 g/mol. The van der Waals surface area contributed by atoms with Gasteiger partial charge in [-0.3, -0.25) is 4.79 Å². The van der Waals surface area contributed by atoms with Gasteiger partial charge in [0, 0.05) is 28.4 Å². The normalized spacial score (nSPS) is 13.8. The van der Waals surface area contributed by atoms with Crippen molar-refractivity contribution in [3.05, 3.63) is 57.7 Å². The zero-order valence-electron chi connectivity index (χ0n) is 15.1. The molecule has 10 heteroatoms. The van der Waals surface area contributed by atoms with Gasteiger partial charge in [-0.05, 0) is 18.2 Å². The number of pyridine rings is 1. The molecule has 0 unspecified atom stereocenters. The second-order valence-corrected chi connectivity index (χ2v) is 5.32. The number of rotatable bonds is 3. The van der Waals surface area contributed by atoms with E-state index in [-0.39, 0.29) is 27.6 Å². The Morgan fingerprint density at radius 3 is 2.80 bits per heavy atom. The third kappa shape index (κ3) is 3.36. The van der Waals surface area contributed by atoms with E-state index in [1.54, 1.807) is 0 Å². The van der Waals surface area contributed by atoms with E-state index in [9.17, 15) is 18.0 Å². The molecule has 0 aliphatic heterocycles. The average Bonchev–Trinajstić information content (AvgIpc) is 3.05. The van der Waals surface area contributed by atoms with Crippen molar-refractivity contribution in [2.45, 2.75) is 6.18 Å². The molecule has 2 aromatic heterocycles. The van der Waals surface area contributed by atoms with Crippen LogP contribution in [0.25, 0.3) is 16.8 Å². The van der Waals surface area contributed by atoms with E-state index in [4.69, 9.17) is 20.5 Å². The lowest BCUT2D eigenvalue weighted by molar-refractivity contribution is -0.141. The molecule has 0 saturated heterocycles. The Morgan fingerprint density at radius 2 is 2.12 bits per heavy atom. The second-order valence-electron chi connectivity index (χ2n) is 4.88. The molecule has 130 valence electrons. The third-order valence-electron chi connectivity index (χ3n) is 3.28. The number of nitrogens with one attached hydrogen (secondary N) is 1. The first-order valence-electron chi connectivity index (χ1n) is 8.16. The van der Waals surface area contributed by atoms with Crippen LogP contribution < -0.4 is 10.3 Å². The summed E-state index contributed by atoms with van der Waals surface area (Å²) >= 11 is 5.99. The maximum atomic E-state index is 12.8. The maximum absolute atomic E-state index is 12.8. The van der Waals surface area contributed by atoms with Gasteiger partial charge in [-0.1, -0.05) is 16.8 Å².